The molecular weight excluding hydrogens is 290 g/mol. The van der Waals surface area contributed by atoms with Gasteiger partial charge in [0.05, 0.1) is 7.11 Å². The zero-order valence-corrected chi connectivity index (χ0v) is 11.8. The molecule has 102 valence electrons. The third-order valence-electron chi connectivity index (χ3n) is 2.23. The first-order valence-corrected chi connectivity index (χ1v) is 7.51. The zero-order chi connectivity index (χ0) is 14.0. The summed E-state index contributed by atoms with van der Waals surface area (Å²) in [5.74, 6) is -0.520. The minimum atomic E-state index is -3.87. The Morgan fingerprint density at radius 3 is 2.84 bits per heavy atom. The maximum Gasteiger partial charge on any atom is 0.349 e. The van der Waals surface area contributed by atoms with Crippen LogP contribution in [0.1, 0.15) is 15.4 Å². The number of aromatic nitrogens is 2. The number of anilines is 1. The van der Waals surface area contributed by atoms with Crippen LogP contribution in [0.2, 0.25) is 0 Å². The van der Waals surface area contributed by atoms with E-state index in [1.807, 2.05) is 0 Å². The van der Waals surface area contributed by atoms with Gasteiger partial charge in [-0.15, -0.1) is 11.3 Å². The second-order valence-electron chi connectivity index (χ2n) is 3.65. The number of ether oxygens (including phenoxy) is 1. The Hall–Kier alpha value is -1.87. The lowest BCUT2D eigenvalue weighted by atomic mass is 10.5. The van der Waals surface area contributed by atoms with Crippen LogP contribution >= 0.6 is 11.3 Å². The van der Waals surface area contributed by atoms with Gasteiger partial charge in [0.25, 0.3) is 10.0 Å². The third kappa shape index (κ3) is 2.76. The highest BCUT2D eigenvalue weighted by molar-refractivity contribution is 7.93. The van der Waals surface area contributed by atoms with Crippen molar-refractivity contribution in [3.8, 4) is 0 Å². The fourth-order valence-corrected chi connectivity index (χ4v) is 3.74. The van der Waals surface area contributed by atoms with E-state index in [1.54, 1.807) is 13.0 Å². The smallest absolute Gasteiger partial charge is 0.349 e. The molecule has 2 rings (SSSR count). The molecule has 0 bridgehead atoms. The normalized spacial score (nSPS) is 11.3. The molecule has 0 saturated heterocycles. The van der Waals surface area contributed by atoms with Gasteiger partial charge >= 0.3 is 5.97 Å². The predicted molar refractivity (Wildman–Crippen MR) is 69.8 cm³/mol. The van der Waals surface area contributed by atoms with Crippen molar-refractivity contribution in [1.82, 2.24) is 10.2 Å². The van der Waals surface area contributed by atoms with E-state index < -0.39 is 16.0 Å². The number of nitrogens with one attached hydrogen (secondary N) is 2. The number of aromatic amines is 1. The van der Waals surface area contributed by atoms with Crippen molar-refractivity contribution in [2.24, 2.45) is 0 Å². The Balaban J connectivity index is 2.35. The molecule has 9 heteroatoms. The number of rotatable bonds is 4. The molecule has 0 unspecified atom stereocenters. The van der Waals surface area contributed by atoms with Gasteiger partial charge in [-0.05, 0) is 18.4 Å². The third-order valence-corrected chi connectivity index (χ3v) is 4.66. The number of aryl methyl sites for hydroxylation is 1. The number of H-pyrrole nitrogens is 1. The lowest BCUT2D eigenvalue weighted by molar-refractivity contribution is 0.0602. The molecule has 2 aromatic rings. The number of carbonyl (C=O) groups is 1. The molecule has 2 N–H and O–H groups in total. The molecule has 0 spiro atoms. The molecule has 0 aliphatic rings. The minimum absolute atomic E-state index is 0.0299. The van der Waals surface area contributed by atoms with E-state index in [9.17, 15) is 13.2 Å². The molecule has 0 aliphatic heterocycles. The van der Waals surface area contributed by atoms with E-state index in [1.165, 1.54) is 18.6 Å². The summed E-state index contributed by atoms with van der Waals surface area (Å²) in [6, 6.07) is 2.89. The fourth-order valence-electron chi connectivity index (χ4n) is 1.41. The molecule has 0 atom stereocenters. The first-order chi connectivity index (χ1) is 8.94. The van der Waals surface area contributed by atoms with Crippen molar-refractivity contribution >= 4 is 33.1 Å². The summed E-state index contributed by atoms with van der Waals surface area (Å²) in [6.45, 7) is 1.75. The first-order valence-electron chi connectivity index (χ1n) is 5.14. The standard InChI is InChI=1S/C10H11N3O4S2/c1-6-5-8(12-11-6)13-19(15,16)7-3-4-18-9(7)10(14)17-2/h3-5H,1-2H3,(H2,11,12,13). The molecule has 0 aromatic carbocycles. The minimum Gasteiger partial charge on any atom is -0.465 e. The quantitative estimate of drug-likeness (QED) is 0.830. The van der Waals surface area contributed by atoms with Gasteiger partial charge in [0.1, 0.15) is 9.77 Å². The lowest BCUT2D eigenvalue weighted by Gasteiger charge is -2.05. The van der Waals surface area contributed by atoms with E-state index in [0.29, 0.717) is 0 Å². The number of hydrogen-bond donors (Lipinski definition) is 2. The Morgan fingerprint density at radius 2 is 2.26 bits per heavy atom. The highest BCUT2D eigenvalue weighted by atomic mass is 32.2. The van der Waals surface area contributed by atoms with Crippen molar-refractivity contribution in [3.05, 3.63) is 28.1 Å². The van der Waals surface area contributed by atoms with Crippen LogP contribution < -0.4 is 4.72 Å². The summed E-state index contributed by atoms with van der Waals surface area (Å²) in [5.41, 5.74) is 0.719. The van der Waals surface area contributed by atoms with E-state index in [0.717, 1.165) is 17.0 Å². The average molecular weight is 301 g/mol. The molecular formula is C10H11N3O4S2. The zero-order valence-electron chi connectivity index (χ0n) is 10.1. The summed E-state index contributed by atoms with van der Waals surface area (Å²) in [4.78, 5) is 11.4. The van der Waals surface area contributed by atoms with Gasteiger partial charge in [-0.25, -0.2) is 13.2 Å². The first kappa shape index (κ1) is 13.6. The number of hydrogen-bond acceptors (Lipinski definition) is 6. The van der Waals surface area contributed by atoms with Gasteiger partial charge in [-0.1, -0.05) is 0 Å². The number of methoxy groups -OCH3 is 1. The summed E-state index contributed by atoms with van der Waals surface area (Å²) in [5, 5.41) is 7.91. The van der Waals surface area contributed by atoms with Crippen LogP contribution in [-0.2, 0) is 14.8 Å². The highest BCUT2D eigenvalue weighted by Gasteiger charge is 2.25. The van der Waals surface area contributed by atoms with Crippen LogP contribution in [0.25, 0.3) is 0 Å². The number of esters is 1. The molecule has 0 amide bonds. The van der Waals surface area contributed by atoms with E-state index >= 15 is 0 Å². The van der Waals surface area contributed by atoms with Gasteiger partial charge in [0.2, 0.25) is 0 Å². The Kier molecular flexibility index (Phi) is 3.58. The van der Waals surface area contributed by atoms with Crippen molar-refractivity contribution in [1.29, 1.82) is 0 Å². The molecule has 2 heterocycles. The van der Waals surface area contributed by atoms with Crippen molar-refractivity contribution in [3.63, 3.8) is 0 Å². The SMILES string of the molecule is COC(=O)c1sccc1S(=O)(=O)Nc1cc(C)[nH]n1. The van der Waals surface area contributed by atoms with Crippen LogP contribution in [0.4, 0.5) is 5.82 Å². The lowest BCUT2D eigenvalue weighted by Crippen LogP contribution is -2.16. The fraction of sp³-hybridized carbons (Fsp3) is 0.200. The number of sulfonamides is 1. The molecule has 0 aliphatic carbocycles. The Labute approximate surface area is 113 Å². The second kappa shape index (κ2) is 5.02. The molecule has 0 saturated carbocycles. The monoisotopic (exact) mass is 301 g/mol. The van der Waals surface area contributed by atoms with E-state index in [-0.39, 0.29) is 15.6 Å². The molecule has 7 nitrogen and oxygen atoms in total. The van der Waals surface area contributed by atoms with Crippen LogP contribution in [0.5, 0.6) is 0 Å². The summed E-state index contributed by atoms with van der Waals surface area (Å²) >= 11 is 1.00. The van der Waals surface area contributed by atoms with Gasteiger partial charge in [-0.3, -0.25) is 9.82 Å². The molecule has 0 fully saturated rings. The van der Waals surface area contributed by atoms with Gasteiger partial charge in [0.15, 0.2) is 5.82 Å². The van der Waals surface area contributed by atoms with Crippen LogP contribution in [0.3, 0.4) is 0 Å². The summed E-state index contributed by atoms with van der Waals surface area (Å²) in [6.07, 6.45) is 0. The number of carbonyl (C=O) groups excluding carboxylic acids is 1. The Bertz CT molecular complexity index is 702. The van der Waals surface area contributed by atoms with E-state index in [2.05, 4.69) is 19.7 Å². The second-order valence-corrected chi connectivity index (χ2v) is 6.21. The van der Waals surface area contributed by atoms with Gasteiger partial charge in [-0.2, -0.15) is 5.10 Å². The largest absolute Gasteiger partial charge is 0.465 e. The maximum absolute atomic E-state index is 12.1. The average Bonchev–Trinajstić information content (AvgIpc) is 2.97. The number of nitrogens with zero attached hydrogens (tertiary/aromatic N) is 1. The van der Waals surface area contributed by atoms with Gasteiger partial charge in [0, 0.05) is 11.8 Å². The van der Waals surface area contributed by atoms with Crippen LogP contribution in [0, 0.1) is 6.92 Å². The highest BCUT2D eigenvalue weighted by Crippen LogP contribution is 2.24. The predicted octanol–water partition coefficient (Wildman–Crippen LogP) is 1.37. The topological polar surface area (TPSA) is 101 Å². The molecule has 0 radical (unpaired) electrons. The number of thiophene rings is 1. The summed E-state index contributed by atoms with van der Waals surface area (Å²) in [7, 11) is -2.67. The summed E-state index contributed by atoms with van der Waals surface area (Å²) < 4.78 is 31.1. The molecule has 2 aromatic heterocycles. The van der Waals surface area contributed by atoms with E-state index in [4.69, 9.17) is 0 Å². The molecule has 19 heavy (non-hydrogen) atoms. The van der Waals surface area contributed by atoms with Crippen molar-refractivity contribution < 1.29 is 17.9 Å². The van der Waals surface area contributed by atoms with Gasteiger partial charge < -0.3 is 4.74 Å². The van der Waals surface area contributed by atoms with Crippen LogP contribution in [0.15, 0.2) is 22.4 Å². The van der Waals surface area contributed by atoms with Crippen molar-refractivity contribution in [2.45, 2.75) is 11.8 Å². The van der Waals surface area contributed by atoms with Crippen molar-refractivity contribution in [2.75, 3.05) is 11.8 Å². The maximum atomic E-state index is 12.1. The van der Waals surface area contributed by atoms with Crippen LogP contribution in [-0.4, -0.2) is 31.7 Å². The Morgan fingerprint density at radius 1 is 1.53 bits per heavy atom.